The van der Waals surface area contributed by atoms with Crippen molar-refractivity contribution >= 4 is 17.7 Å². The van der Waals surface area contributed by atoms with Crippen LogP contribution in [0.25, 0.3) is 0 Å². The number of aromatic nitrogens is 2. The molecule has 9 nitrogen and oxygen atoms in total. The molecular weight excluding hydrogens is 538 g/mol. The molecule has 2 aliphatic heterocycles. The number of amides is 2. The Kier molecular flexibility index (Phi) is 7.51. The second-order valence-corrected chi connectivity index (χ2v) is 10.0. The zero-order chi connectivity index (χ0) is 28.9. The summed E-state index contributed by atoms with van der Waals surface area (Å²) in [6.45, 7) is 3.91. The molecule has 39 heavy (non-hydrogen) atoms. The van der Waals surface area contributed by atoms with Gasteiger partial charge in [0.15, 0.2) is 24.0 Å². The number of aliphatic imine (C=N–C) groups is 1. The average Bonchev–Trinajstić information content (AvgIpc) is 3.38. The van der Waals surface area contributed by atoms with E-state index in [0.29, 0.717) is 12.1 Å². The third-order valence-electron chi connectivity index (χ3n) is 5.86. The summed E-state index contributed by atoms with van der Waals surface area (Å²) >= 11 is 0. The fourth-order valence-electron chi connectivity index (χ4n) is 4.12. The van der Waals surface area contributed by atoms with Gasteiger partial charge in [-0.3, -0.25) is 4.79 Å². The summed E-state index contributed by atoms with van der Waals surface area (Å²) in [7, 11) is 0. The Morgan fingerprint density at radius 3 is 2.36 bits per heavy atom. The molecule has 15 heteroatoms. The minimum absolute atomic E-state index is 0.0146. The number of hydrogen-bond donors (Lipinski definition) is 1. The number of epoxide rings is 1. The quantitative estimate of drug-likeness (QED) is 0.255. The summed E-state index contributed by atoms with van der Waals surface area (Å²) in [5.74, 6) is -5.79. The Bertz CT molecular complexity index is 1330. The van der Waals surface area contributed by atoms with Crippen molar-refractivity contribution in [3.05, 3.63) is 52.4 Å². The molecule has 212 valence electrons. The molecule has 0 radical (unpaired) electrons. The van der Waals surface area contributed by atoms with Crippen molar-refractivity contribution in [2.75, 3.05) is 6.54 Å². The molecule has 1 N–H and O–H groups in total. The van der Waals surface area contributed by atoms with E-state index in [0.717, 1.165) is 4.57 Å². The van der Waals surface area contributed by atoms with Crippen molar-refractivity contribution < 1.29 is 50.5 Å². The minimum atomic E-state index is -4.79. The van der Waals surface area contributed by atoms with Crippen molar-refractivity contribution in [1.82, 2.24) is 14.5 Å². The van der Waals surface area contributed by atoms with E-state index in [-0.39, 0.29) is 42.3 Å². The molecule has 0 bridgehead atoms. The zero-order valence-electron chi connectivity index (χ0n) is 21.0. The first kappa shape index (κ1) is 28.5. The molecule has 1 aromatic carbocycles. The number of halogens is 6. The Morgan fingerprint density at radius 2 is 1.77 bits per heavy atom. The lowest BCUT2D eigenvalue weighted by atomic mass is 10.0. The fourth-order valence-corrected chi connectivity index (χ4v) is 4.12. The molecular formula is C24H24F6N4O5. The summed E-state index contributed by atoms with van der Waals surface area (Å²) < 4.78 is 92.9. The van der Waals surface area contributed by atoms with E-state index in [1.54, 1.807) is 20.8 Å². The normalized spacial score (nSPS) is 19.6. The van der Waals surface area contributed by atoms with Crippen LogP contribution in [-0.2, 0) is 40.0 Å². The Labute approximate surface area is 218 Å². The van der Waals surface area contributed by atoms with Crippen LogP contribution in [0.2, 0.25) is 0 Å². The van der Waals surface area contributed by atoms with Crippen molar-refractivity contribution in [1.29, 1.82) is 0 Å². The molecule has 0 spiro atoms. The van der Waals surface area contributed by atoms with Crippen LogP contribution in [0.4, 0.5) is 31.1 Å². The lowest BCUT2D eigenvalue weighted by molar-refractivity contribution is -0.148. The molecule has 2 amide bonds. The minimum Gasteiger partial charge on any atom is -0.442 e. The maximum atomic E-state index is 14.3. The van der Waals surface area contributed by atoms with Crippen LogP contribution in [0.15, 0.2) is 17.1 Å². The van der Waals surface area contributed by atoms with E-state index in [2.05, 4.69) is 9.98 Å². The van der Waals surface area contributed by atoms with E-state index in [1.165, 1.54) is 4.90 Å². The number of hydrogen-bond acceptors (Lipinski definition) is 6. The molecule has 1 aromatic heterocycles. The van der Waals surface area contributed by atoms with Gasteiger partial charge in [0, 0.05) is 31.3 Å². The Balaban J connectivity index is 1.59. The fraction of sp³-hybridized carbons (Fsp3) is 0.500. The van der Waals surface area contributed by atoms with E-state index < -0.39 is 72.3 Å². The largest absolute Gasteiger partial charge is 0.449 e. The number of alkyl halides is 3. The van der Waals surface area contributed by atoms with Crippen LogP contribution in [0.3, 0.4) is 0 Å². The van der Waals surface area contributed by atoms with Gasteiger partial charge in [-0.25, -0.2) is 22.9 Å². The highest BCUT2D eigenvalue weighted by Crippen LogP contribution is 2.42. The maximum Gasteiger partial charge on any atom is 0.449 e. The molecule has 0 saturated carbocycles. The lowest BCUT2D eigenvalue weighted by Crippen LogP contribution is -2.40. The SMILES string of the molecule is CC(C)(C)OC(=O)N=C(CC(=O)N1CCn2c(C(F)(F)F)nc(C3OC3O)c2C1)Cc1cc(F)c(F)cc1F. The molecule has 1 saturated heterocycles. The van der Waals surface area contributed by atoms with E-state index in [4.69, 9.17) is 9.47 Å². The highest BCUT2D eigenvalue weighted by molar-refractivity contribution is 6.05. The van der Waals surface area contributed by atoms with Gasteiger partial charge in [0.2, 0.25) is 11.7 Å². The molecule has 2 unspecified atom stereocenters. The van der Waals surface area contributed by atoms with Crippen LogP contribution in [0.5, 0.6) is 0 Å². The Morgan fingerprint density at radius 1 is 1.13 bits per heavy atom. The van der Waals surface area contributed by atoms with Gasteiger partial charge >= 0.3 is 12.3 Å². The molecule has 2 atom stereocenters. The number of benzene rings is 1. The number of carbonyl (C=O) groups is 2. The number of nitrogens with zero attached hydrogens (tertiary/aromatic N) is 4. The number of aliphatic hydroxyl groups is 1. The monoisotopic (exact) mass is 562 g/mol. The molecule has 2 aliphatic rings. The second-order valence-electron chi connectivity index (χ2n) is 10.0. The number of aliphatic hydroxyl groups excluding tert-OH is 1. The standard InChI is InChI=1S/C24H24F6N4O5/c1-23(2,3)39-22(37)31-12(6-11-7-14(26)15(27)9-13(11)25)8-17(35)33-4-5-34-16(10-33)18(19-20(36)38-19)32-21(34)24(28,29)30/h7,9,19-20,36H,4-6,8,10H2,1-3H3. The van der Waals surface area contributed by atoms with Crippen molar-refractivity contribution in [3.63, 3.8) is 0 Å². The van der Waals surface area contributed by atoms with Gasteiger partial charge < -0.3 is 24.0 Å². The van der Waals surface area contributed by atoms with Gasteiger partial charge in [-0.1, -0.05) is 0 Å². The number of fused-ring (bicyclic) bond motifs is 1. The first-order chi connectivity index (χ1) is 18.0. The topological polar surface area (TPSA) is 110 Å². The number of carbonyl (C=O) groups excluding carboxylic acids is 2. The molecule has 0 aliphatic carbocycles. The summed E-state index contributed by atoms with van der Waals surface area (Å²) in [6.07, 6.45) is -9.45. The third-order valence-corrected chi connectivity index (χ3v) is 5.86. The van der Waals surface area contributed by atoms with Gasteiger partial charge in [0.25, 0.3) is 0 Å². The number of imidazole rings is 1. The van der Waals surface area contributed by atoms with Gasteiger partial charge in [0.05, 0.1) is 24.4 Å². The van der Waals surface area contributed by atoms with Crippen LogP contribution in [-0.4, -0.2) is 55.7 Å². The van der Waals surface area contributed by atoms with Crippen molar-refractivity contribution in [3.8, 4) is 0 Å². The van der Waals surface area contributed by atoms with Gasteiger partial charge in [-0.05, 0) is 32.4 Å². The van der Waals surface area contributed by atoms with E-state index in [1.807, 2.05) is 0 Å². The lowest BCUT2D eigenvalue weighted by Gasteiger charge is -2.30. The van der Waals surface area contributed by atoms with Crippen molar-refractivity contribution in [2.24, 2.45) is 4.99 Å². The first-order valence-electron chi connectivity index (χ1n) is 11.7. The summed E-state index contributed by atoms with van der Waals surface area (Å²) in [5, 5.41) is 9.58. The van der Waals surface area contributed by atoms with Gasteiger partial charge in [0.1, 0.15) is 11.4 Å². The first-order valence-corrected chi connectivity index (χ1v) is 11.7. The number of ether oxygens (including phenoxy) is 2. The van der Waals surface area contributed by atoms with Gasteiger partial charge in [-0.2, -0.15) is 18.2 Å². The van der Waals surface area contributed by atoms with Gasteiger partial charge in [-0.15, -0.1) is 0 Å². The molecule has 2 aromatic rings. The highest BCUT2D eigenvalue weighted by Gasteiger charge is 2.48. The van der Waals surface area contributed by atoms with Crippen LogP contribution < -0.4 is 0 Å². The third kappa shape index (κ3) is 6.58. The maximum absolute atomic E-state index is 14.3. The smallest absolute Gasteiger partial charge is 0.442 e. The average molecular weight is 562 g/mol. The summed E-state index contributed by atoms with van der Waals surface area (Å²) in [4.78, 5) is 34.0. The number of rotatable bonds is 5. The predicted octanol–water partition coefficient (Wildman–Crippen LogP) is 4.06. The molecule has 1 fully saturated rings. The van der Waals surface area contributed by atoms with E-state index in [9.17, 15) is 41.0 Å². The second kappa shape index (κ2) is 10.3. The van der Waals surface area contributed by atoms with E-state index >= 15 is 0 Å². The molecule has 3 heterocycles. The summed E-state index contributed by atoms with van der Waals surface area (Å²) in [5.41, 5.74) is -1.72. The molecule has 4 rings (SSSR count). The zero-order valence-corrected chi connectivity index (χ0v) is 21.0. The highest BCUT2D eigenvalue weighted by atomic mass is 19.4. The van der Waals surface area contributed by atoms with Crippen LogP contribution >= 0.6 is 0 Å². The van der Waals surface area contributed by atoms with Crippen molar-refractivity contribution in [2.45, 2.75) is 70.9 Å². The van der Waals surface area contributed by atoms with Crippen LogP contribution in [0.1, 0.15) is 56.1 Å². The summed E-state index contributed by atoms with van der Waals surface area (Å²) in [6, 6.07) is 0.891. The Hall–Kier alpha value is -3.46. The van der Waals surface area contributed by atoms with Crippen LogP contribution in [0, 0.1) is 17.5 Å². The predicted molar refractivity (Wildman–Crippen MR) is 121 cm³/mol.